The van der Waals surface area contributed by atoms with E-state index in [1.54, 1.807) is 31.1 Å². The van der Waals surface area contributed by atoms with E-state index in [4.69, 9.17) is 10.5 Å². The topological polar surface area (TPSA) is 123 Å². The first-order chi connectivity index (χ1) is 12.3. The van der Waals surface area contributed by atoms with Crippen molar-refractivity contribution in [2.24, 2.45) is 0 Å². The van der Waals surface area contributed by atoms with Crippen LogP contribution in [0.2, 0.25) is 0 Å². The van der Waals surface area contributed by atoms with E-state index in [1.807, 2.05) is 19.9 Å². The lowest BCUT2D eigenvalue weighted by atomic mass is 10.1. The molecule has 138 valence electrons. The summed E-state index contributed by atoms with van der Waals surface area (Å²) in [6.45, 7) is 3.46. The number of nitrogens with two attached hydrogens (primary N) is 1. The second-order valence-corrected chi connectivity index (χ2v) is 5.95. The Hall–Kier alpha value is -3.23. The zero-order valence-corrected chi connectivity index (χ0v) is 15.2. The van der Waals surface area contributed by atoms with Gasteiger partial charge in [0.25, 0.3) is 5.91 Å². The summed E-state index contributed by atoms with van der Waals surface area (Å²) in [4.78, 5) is 37.6. The van der Waals surface area contributed by atoms with Gasteiger partial charge in [-0.15, -0.1) is 0 Å². The highest BCUT2D eigenvalue weighted by molar-refractivity contribution is 5.96. The molecule has 0 saturated carbocycles. The van der Waals surface area contributed by atoms with E-state index in [2.05, 4.69) is 20.3 Å². The number of aromatic nitrogens is 3. The maximum Gasteiger partial charge on any atom is 0.325 e. The van der Waals surface area contributed by atoms with Gasteiger partial charge in [0.2, 0.25) is 11.9 Å². The number of rotatable bonds is 6. The van der Waals surface area contributed by atoms with E-state index in [0.717, 1.165) is 11.1 Å². The molecule has 0 unspecified atom stereocenters. The molecular formula is C17H22N6O3. The van der Waals surface area contributed by atoms with Crippen LogP contribution in [-0.4, -0.2) is 47.5 Å². The summed E-state index contributed by atoms with van der Waals surface area (Å²) < 4.78 is 5.07. The van der Waals surface area contributed by atoms with Crippen LogP contribution in [0.1, 0.15) is 27.3 Å². The molecule has 0 aliphatic heterocycles. The molecule has 1 aromatic carbocycles. The molecule has 0 spiro atoms. The Bertz CT molecular complexity index is 822. The monoisotopic (exact) mass is 358 g/mol. The van der Waals surface area contributed by atoms with Crippen molar-refractivity contribution in [3.8, 4) is 0 Å². The molecule has 1 amide bonds. The van der Waals surface area contributed by atoms with Gasteiger partial charge in [-0.2, -0.15) is 15.0 Å². The molecule has 0 aliphatic rings. The van der Waals surface area contributed by atoms with Crippen LogP contribution in [0.3, 0.4) is 0 Å². The van der Waals surface area contributed by atoms with Gasteiger partial charge < -0.3 is 20.7 Å². The SMILES string of the molecule is Cc1ccc(C(=O)NCC(=O)OCc2nc(N)nc(N(C)C)n2)cc1C. The Kier molecular flexibility index (Phi) is 6.05. The fraction of sp³-hybridized carbons (Fsp3) is 0.353. The summed E-state index contributed by atoms with van der Waals surface area (Å²) in [6.07, 6.45) is 0. The number of nitrogen functional groups attached to an aromatic ring is 1. The van der Waals surface area contributed by atoms with Crippen molar-refractivity contribution < 1.29 is 14.3 Å². The lowest BCUT2D eigenvalue weighted by Gasteiger charge is -2.11. The largest absolute Gasteiger partial charge is 0.456 e. The van der Waals surface area contributed by atoms with Gasteiger partial charge in [0.1, 0.15) is 6.54 Å². The minimum absolute atomic E-state index is 0.0396. The molecule has 2 rings (SSSR count). The standard InChI is InChI=1S/C17H22N6O3/c1-10-5-6-12(7-11(10)2)15(25)19-8-14(24)26-9-13-20-16(18)22-17(21-13)23(3)4/h5-7H,8-9H2,1-4H3,(H,19,25)(H2,18,20,21,22). The van der Waals surface area contributed by atoms with E-state index in [0.29, 0.717) is 11.5 Å². The molecule has 26 heavy (non-hydrogen) atoms. The van der Waals surface area contributed by atoms with Crippen LogP contribution in [0.15, 0.2) is 18.2 Å². The number of nitrogens with zero attached hydrogens (tertiary/aromatic N) is 4. The van der Waals surface area contributed by atoms with Gasteiger partial charge in [0.15, 0.2) is 12.4 Å². The van der Waals surface area contributed by atoms with Crippen molar-refractivity contribution in [2.45, 2.75) is 20.5 Å². The molecule has 0 radical (unpaired) electrons. The van der Waals surface area contributed by atoms with Crippen LogP contribution in [-0.2, 0) is 16.1 Å². The number of hydrogen-bond donors (Lipinski definition) is 2. The minimum atomic E-state index is -0.604. The van der Waals surface area contributed by atoms with Gasteiger partial charge in [-0.05, 0) is 37.1 Å². The Labute approximate surface area is 151 Å². The van der Waals surface area contributed by atoms with Crippen LogP contribution in [0.5, 0.6) is 0 Å². The average molecular weight is 358 g/mol. The maximum atomic E-state index is 12.1. The number of esters is 1. The Morgan fingerprint density at radius 2 is 1.88 bits per heavy atom. The molecule has 0 atom stereocenters. The third-order valence-electron chi connectivity index (χ3n) is 3.61. The molecule has 9 heteroatoms. The van der Waals surface area contributed by atoms with Crippen molar-refractivity contribution in [3.63, 3.8) is 0 Å². The molecule has 2 aromatic rings. The first kappa shape index (κ1) is 19.1. The average Bonchev–Trinajstić information content (AvgIpc) is 2.59. The minimum Gasteiger partial charge on any atom is -0.456 e. The quantitative estimate of drug-likeness (QED) is 0.720. The second kappa shape index (κ2) is 8.24. The van der Waals surface area contributed by atoms with E-state index < -0.39 is 5.97 Å². The van der Waals surface area contributed by atoms with Crippen molar-refractivity contribution in [1.82, 2.24) is 20.3 Å². The summed E-state index contributed by atoms with van der Waals surface area (Å²) >= 11 is 0. The molecule has 3 N–H and O–H groups in total. The molecular weight excluding hydrogens is 336 g/mol. The number of amides is 1. The molecule has 1 heterocycles. The van der Waals surface area contributed by atoms with Gasteiger partial charge in [-0.1, -0.05) is 6.07 Å². The zero-order chi connectivity index (χ0) is 19.3. The van der Waals surface area contributed by atoms with Crippen molar-refractivity contribution in [3.05, 3.63) is 40.7 Å². The molecule has 0 aliphatic carbocycles. The van der Waals surface area contributed by atoms with Crippen molar-refractivity contribution in [2.75, 3.05) is 31.3 Å². The predicted molar refractivity (Wildman–Crippen MR) is 96.6 cm³/mol. The highest BCUT2D eigenvalue weighted by atomic mass is 16.5. The Balaban J connectivity index is 1.87. The van der Waals surface area contributed by atoms with E-state index in [-0.39, 0.29) is 30.8 Å². The number of aryl methyl sites for hydroxylation is 2. The fourth-order valence-corrected chi connectivity index (χ4v) is 2.02. The number of nitrogens with one attached hydrogen (secondary N) is 1. The smallest absolute Gasteiger partial charge is 0.325 e. The highest BCUT2D eigenvalue weighted by Crippen LogP contribution is 2.10. The van der Waals surface area contributed by atoms with Crippen LogP contribution >= 0.6 is 0 Å². The molecule has 0 fully saturated rings. The fourth-order valence-electron chi connectivity index (χ4n) is 2.02. The summed E-state index contributed by atoms with van der Waals surface area (Å²) in [5.41, 5.74) is 8.19. The van der Waals surface area contributed by atoms with Gasteiger partial charge in [-0.3, -0.25) is 9.59 Å². The van der Waals surface area contributed by atoms with Crippen molar-refractivity contribution >= 4 is 23.8 Å². The van der Waals surface area contributed by atoms with Crippen molar-refractivity contribution in [1.29, 1.82) is 0 Å². The lowest BCUT2D eigenvalue weighted by molar-refractivity contribution is -0.143. The number of carbonyl (C=O) groups is 2. The number of carbonyl (C=O) groups excluding carboxylic acids is 2. The second-order valence-electron chi connectivity index (χ2n) is 5.95. The van der Waals surface area contributed by atoms with Gasteiger partial charge in [0, 0.05) is 19.7 Å². The lowest BCUT2D eigenvalue weighted by Crippen LogP contribution is -2.30. The first-order valence-corrected chi connectivity index (χ1v) is 7.95. The number of ether oxygens (including phenoxy) is 1. The van der Waals surface area contributed by atoms with Crippen LogP contribution in [0.25, 0.3) is 0 Å². The number of anilines is 2. The summed E-state index contributed by atoms with van der Waals surface area (Å²) in [5.74, 6) is -0.309. The number of hydrogen-bond acceptors (Lipinski definition) is 8. The molecule has 0 bridgehead atoms. The van der Waals surface area contributed by atoms with Gasteiger partial charge >= 0.3 is 5.97 Å². The molecule has 0 saturated heterocycles. The van der Waals surface area contributed by atoms with E-state index in [1.165, 1.54) is 0 Å². The Morgan fingerprint density at radius 1 is 1.15 bits per heavy atom. The normalized spacial score (nSPS) is 10.3. The van der Waals surface area contributed by atoms with Crippen LogP contribution in [0, 0.1) is 13.8 Å². The van der Waals surface area contributed by atoms with Gasteiger partial charge in [0.05, 0.1) is 0 Å². The maximum absolute atomic E-state index is 12.1. The summed E-state index contributed by atoms with van der Waals surface area (Å²) in [6, 6.07) is 5.34. The third-order valence-corrected chi connectivity index (χ3v) is 3.61. The van der Waals surface area contributed by atoms with Crippen LogP contribution in [0.4, 0.5) is 11.9 Å². The predicted octanol–water partition coefficient (Wildman–Crippen LogP) is 0.610. The van der Waals surface area contributed by atoms with Crippen LogP contribution < -0.4 is 16.0 Å². The molecule has 9 nitrogen and oxygen atoms in total. The third kappa shape index (κ3) is 5.13. The highest BCUT2D eigenvalue weighted by Gasteiger charge is 2.12. The van der Waals surface area contributed by atoms with E-state index >= 15 is 0 Å². The summed E-state index contributed by atoms with van der Waals surface area (Å²) in [7, 11) is 3.51. The van der Waals surface area contributed by atoms with Gasteiger partial charge in [-0.25, -0.2) is 0 Å². The van der Waals surface area contributed by atoms with E-state index in [9.17, 15) is 9.59 Å². The zero-order valence-electron chi connectivity index (χ0n) is 15.2. The number of benzene rings is 1. The molecule has 1 aromatic heterocycles. The Morgan fingerprint density at radius 3 is 2.54 bits per heavy atom. The summed E-state index contributed by atoms with van der Waals surface area (Å²) in [5, 5.41) is 2.52. The first-order valence-electron chi connectivity index (χ1n) is 7.95.